The molecule has 0 spiro atoms. The lowest BCUT2D eigenvalue weighted by atomic mass is 10.2. The van der Waals surface area contributed by atoms with Gasteiger partial charge in [-0.1, -0.05) is 15.9 Å². The Morgan fingerprint density at radius 2 is 1.84 bits per heavy atom. The molecule has 0 saturated heterocycles. The standard InChI is InChI=1S/C17H18BrN3O4/c1-2-24-17(23)21-11-10-19-15(22)14-4-3-9-20-16(14)25-13-7-5-12(18)6-8-13/h3-9H,2,10-11H2,1H3,(H,19,22)(H,21,23). The van der Waals surface area contributed by atoms with Gasteiger partial charge in [0, 0.05) is 23.8 Å². The quantitative estimate of drug-likeness (QED) is 0.688. The number of halogens is 1. The van der Waals surface area contributed by atoms with Crippen LogP contribution in [0.4, 0.5) is 4.79 Å². The second-order valence-corrected chi connectivity index (χ2v) is 5.73. The van der Waals surface area contributed by atoms with Crippen LogP contribution in [0.15, 0.2) is 47.1 Å². The third kappa shape index (κ3) is 6.07. The van der Waals surface area contributed by atoms with Gasteiger partial charge in [0.05, 0.1) is 6.61 Å². The summed E-state index contributed by atoms with van der Waals surface area (Å²) in [5, 5.41) is 5.22. The fraction of sp³-hybridized carbons (Fsp3) is 0.235. The molecule has 25 heavy (non-hydrogen) atoms. The number of carbonyl (C=O) groups excluding carboxylic acids is 2. The summed E-state index contributed by atoms with van der Waals surface area (Å²) in [5.41, 5.74) is 0.307. The van der Waals surface area contributed by atoms with Crippen LogP contribution in [-0.2, 0) is 4.74 Å². The van der Waals surface area contributed by atoms with E-state index in [4.69, 9.17) is 9.47 Å². The van der Waals surface area contributed by atoms with Crippen molar-refractivity contribution in [1.82, 2.24) is 15.6 Å². The first-order valence-electron chi connectivity index (χ1n) is 7.67. The highest BCUT2D eigenvalue weighted by molar-refractivity contribution is 9.10. The lowest BCUT2D eigenvalue weighted by Crippen LogP contribution is -2.35. The highest BCUT2D eigenvalue weighted by Gasteiger charge is 2.14. The van der Waals surface area contributed by atoms with Crippen LogP contribution in [0.25, 0.3) is 0 Å². The smallest absolute Gasteiger partial charge is 0.407 e. The number of ether oxygens (including phenoxy) is 2. The molecule has 0 aliphatic rings. The van der Waals surface area contributed by atoms with Crippen molar-refractivity contribution in [1.29, 1.82) is 0 Å². The Labute approximate surface area is 153 Å². The zero-order valence-electron chi connectivity index (χ0n) is 13.6. The van der Waals surface area contributed by atoms with Crippen molar-refractivity contribution >= 4 is 27.9 Å². The van der Waals surface area contributed by atoms with Crippen LogP contribution in [0.3, 0.4) is 0 Å². The second kappa shape index (κ2) is 9.63. The molecule has 0 bridgehead atoms. The average Bonchev–Trinajstić information content (AvgIpc) is 2.61. The lowest BCUT2D eigenvalue weighted by Gasteiger charge is -2.11. The van der Waals surface area contributed by atoms with Gasteiger partial charge in [0.1, 0.15) is 11.3 Å². The van der Waals surface area contributed by atoms with Gasteiger partial charge in [-0.15, -0.1) is 0 Å². The predicted octanol–water partition coefficient (Wildman–Crippen LogP) is 3.11. The summed E-state index contributed by atoms with van der Waals surface area (Å²) in [6.07, 6.45) is 1.03. The molecule has 1 aromatic carbocycles. The summed E-state index contributed by atoms with van der Waals surface area (Å²) in [6.45, 7) is 2.53. The van der Waals surface area contributed by atoms with E-state index in [2.05, 4.69) is 31.5 Å². The van der Waals surface area contributed by atoms with E-state index >= 15 is 0 Å². The van der Waals surface area contributed by atoms with Gasteiger partial charge in [-0.05, 0) is 43.3 Å². The summed E-state index contributed by atoms with van der Waals surface area (Å²) in [4.78, 5) is 27.6. The molecule has 1 heterocycles. The van der Waals surface area contributed by atoms with Gasteiger partial charge in [0.15, 0.2) is 0 Å². The molecular formula is C17H18BrN3O4. The van der Waals surface area contributed by atoms with E-state index in [1.165, 1.54) is 0 Å². The number of hydrogen-bond acceptors (Lipinski definition) is 5. The third-order valence-corrected chi connectivity index (χ3v) is 3.53. The van der Waals surface area contributed by atoms with E-state index in [9.17, 15) is 9.59 Å². The Kier molecular flexibility index (Phi) is 7.21. The molecule has 8 heteroatoms. The Bertz CT molecular complexity index is 722. The van der Waals surface area contributed by atoms with Gasteiger partial charge in [-0.2, -0.15) is 0 Å². The van der Waals surface area contributed by atoms with Crippen LogP contribution in [0.1, 0.15) is 17.3 Å². The lowest BCUT2D eigenvalue weighted by molar-refractivity contribution is 0.0949. The second-order valence-electron chi connectivity index (χ2n) is 4.82. The van der Waals surface area contributed by atoms with Gasteiger partial charge in [-0.3, -0.25) is 4.79 Å². The molecule has 0 aliphatic carbocycles. The molecule has 2 N–H and O–H groups in total. The first-order valence-corrected chi connectivity index (χ1v) is 8.46. The van der Waals surface area contributed by atoms with Gasteiger partial charge in [0.25, 0.3) is 5.91 Å². The Hall–Kier alpha value is -2.61. The molecule has 0 unspecified atom stereocenters. The largest absolute Gasteiger partial charge is 0.450 e. The average molecular weight is 408 g/mol. The molecular weight excluding hydrogens is 390 g/mol. The van der Waals surface area contributed by atoms with Crippen LogP contribution >= 0.6 is 15.9 Å². The number of benzene rings is 1. The molecule has 0 saturated carbocycles. The van der Waals surface area contributed by atoms with E-state index in [0.29, 0.717) is 17.9 Å². The third-order valence-electron chi connectivity index (χ3n) is 3.00. The number of carbonyl (C=O) groups is 2. The molecule has 7 nitrogen and oxygen atoms in total. The summed E-state index contributed by atoms with van der Waals surface area (Å²) >= 11 is 3.35. The molecule has 0 fully saturated rings. The van der Waals surface area contributed by atoms with E-state index in [0.717, 1.165) is 4.47 Å². The number of pyridine rings is 1. The minimum atomic E-state index is -0.516. The van der Waals surface area contributed by atoms with Crippen LogP contribution in [-0.4, -0.2) is 36.7 Å². The zero-order valence-corrected chi connectivity index (χ0v) is 15.2. The minimum Gasteiger partial charge on any atom is -0.450 e. The summed E-state index contributed by atoms with van der Waals surface area (Å²) < 4.78 is 11.3. The Balaban J connectivity index is 1.93. The summed E-state index contributed by atoms with van der Waals surface area (Å²) in [5.74, 6) is 0.437. The SMILES string of the molecule is CCOC(=O)NCCNC(=O)c1cccnc1Oc1ccc(Br)cc1. The molecule has 132 valence electrons. The molecule has 0 radical (unpaired) electrons. The number of rotatable bonds is 7. The van der Waals surface area contributed by atoms with Crippen molar-refractivity contribution in [3.05, 3.63) is 52.6 Å². The topological polar surface area (TPSA) is 89.6 Å². The highest BCUT2D eigenvalue weighted by atomic mass is 79.9. The molecule has 1 aromatic heterocycles. The van der Waals surface area contributed by atoms with E-state index in [1.54, 1.807) is 37.4 Å². The fourth-order valence-corrected chi connectivity index (χ4v) is 2.14. The Morgan fingerprint density at radius 1 is 1.12 bits per heavy atom. The van der Waals surface area contributed by atoms with Crippen molar-refractivity contribution in [2.45, 2.75) is 6.92 Å². The predicted molar refractivity (Wildman–Crippen MR) is 95.8 cm³/mol. The van der Waals surface area contributed by atoms with Crippen molar-refractivity contribution in [2.75, 3.05) is 19.7 Å². The number of aromatic nitrogens is 1. The highest BCUT2D eigenvalue weighted by Crippen LogP contribution is 2.24. The van der Waals surface area contributed by atoms with Gasteiger partial charge < -0.3 is 20.1 Å². The van der Waals surface area contributed by atoms with Crippen LogP contribution in [0, 0.1) is 0 Å². The number of nitrogens with zero attached hydrogens (tertiary/aromatic N) is 1. The summed E-state index contributed by atoms with van der Waals surface area (Å²) in [6, 6.07) is 10.5. The van der Waals surface area contributed by atoms with Crippen molar-refractivity contribution < 1.29 is 19.1 Å². The van der Waals surface area contributed by atoms with E-state index < -0.39 is 6.09 Å². The maximum atomic E-state index is 12.3. The van der Waals surface area contributed by atoms with E-state index in [1.807, 2.05) is 12.1 Å². The molecule has 0 atom stereocenters. The maximum Gasteiger partial charge on any atom is 0.407 e. The monoisotopic (exact) mass is 407 g/mol. The number of amides is 2. The molecule has 2 rings (SSSR count). The fourth-order valence-electron chi connectivity index (χ4n) is 1.88. The van der Waals surface area contributed by atoms with Crippen molar-refractivity contribution in [2.24, 2.45) is 0 Å². The van der Waals surface area contributed by atoms with Crippen LogP contribution in [0.5, 0.6) is 11.6 Å². The first-order chi connectivity index (χ1) is 12.1. The number of nitrogens with one attached hydrogen (secondary N) is 2. The van der Waals surface area contributed by atoms with Gasteiger partial charge in [0.2, 0.25) is 5.88 Å². The minimum absolute atomic E-state index is 0.209. The van der Waals surface area contributed by atoms with Crippen LogP contribution < -0.4 is 15.4 Å². The van der Waals surface area contributed by atoms with E-state index in [-0.39, 0.29) is 24.9 Å². The first kappa shape index (κ1) is 18.7. The van der Waals surface area contributed by atoms with Crippen molar-refractivity contribution in [3.8, 4) is 11.6 Å². The zero-order chi connectivity index (χ0) is 18.1. The summed E-state index contributed by atoms with van der Waals surface area (Å²) in [7, 11) is 0. The molecule has 0 aliphatic heterocycles. The maximum absolute atomic E-state index is 12.3. The van der Waals surface area contributed by atoms with Gasteiger partial charge >= 0.3 is 6.09 Å². The van der Waals surface area contributed by atoms with Crippen molar-refractivity contribution in [3.63, 3.8) is 0 Å². The number of hydrogen-bond donors (Lipinski definition) is 2. The normalized spacial score (nSPS) is 10.0. The number of alkyl carbamates (subject to hydrolysis) is 1. The molecule has 2 amide bonds. The molecule has 2 aromatic rings. The Morgan fingerprint density at radius 3 is 2.56 bits per heavy atom. The van der Waals surface area contributed by atoms with Gasteiger partial charge in [-0.25, -0.2) is 9.78 Å². The van der Waals surface area contributed by atoms with Crippen LogP contribution in [0.2, 0.25) is 0 Å².